The van der Waals surface area contributed by atoms with Gasteiger partial charge in [-0.05, 0) is 74.6 Å². The summed E-state index contributed by atoms with van der Waals surface area (Å²) >= 11 is 6.33. The van der Waals surface area contributed by atoms with Gasteiger partial charge in [0.25, 0.3) is 11.8 Å². The van der Waals surface area contributed by atoms with E-state index < -0.39 is 0 Å². The van der Waals surface area contributed by atoms with Crippen LogP contribution < -0.4 is 0 Å². The van der Waals surface area contributed by atoms with Gasteiger partial charge in [-0.2, -0.15) is 10.1 Å². The molecule has 0 radical (unpaired) electrons. The number of hydrogen-bond donors (Lipinski definition) is 0. The number of aromatic nitrogens is 1. The van der Waals surface area contributed by atoms with E-state index in [1.807, 2.05) is 45.0 Å². The summed E-state index contributed by atoms with van der Waals surface area (Å²) in [5.74, 6) is 0.927. The average molecular weight is 434 g/mol. The molecule has 5 nitrogen and oxygen atoms in total. The van der Waals surface area contributed by atoms with Gasteiger partial charge in [0.2, 0.25) is 0 Å². The summed E-state index contributed by atoms with van der Waals surface area (Å²) in [6.07, 6.45) is 7.17. The van der Waals surface area contributed by atoms with Crippen LogP contribution in [0.5, 0.6) is 0 Å². The van der Waals surface area contributed by atoms with Crippen molar-refractivity contribution in [2.75, 3.05) is 0 Å². The highest BCUT2D eigenvalue weighted by Gasteiger charge is 2.67. The quantitative estimate of drug-likeness (QED) is 0.408. The molecule has 1 aromatic heterocycles. The first-order valence-corrected chi connectivity index (χ1v) is 11.3. The molecule has 7 rings (SSSR count). The van der Waals surface area contributed by atoms with Gasteiger partial charge in [-0.15, -0.1) is 0 Å². The van der Waals surface area contributed by atoms with Crippen molar-refractivity contribution in [3.05, 3.63) is 64.0 Å². The predicted octanol–water partition coefficient (Wildman–Crippen LogP) is 4.44. The van der Waals surface area contributed by atoms with Gasteiger partial charge in [0, 0.05) is 27.7 Å². The van der Waals surface area contributed by atoms with Crippen molar-refractivity contribution in [3.63, 3.8) is 0 Å². The van der Waals surface area contributed by atoms with Crippen LogP contribution in [0, 0.1) is 56.3 Å². The van der Waals surface area contributed by atoms with E-state index in [2.05, 4.69) is 21.8 Å². The maximum atomic E-state index is 13.1. The number of benzene rings is 1. The maximum absolute atomic E-state index is 13.1. The number of hydrazone groups is 1. The van der Waals surface area contributed by atoms with E-state index >= 15 is 0 Å². The SMILES string of the molecule is Cc1ccc(-n2c(C)cc(/C=N\N3C(=O)[C@@H]4[C@H]5C=C[C@@H]([C@@H]6C[C@@H]56)[C@@H]4C3=O)c2C)cc1Cl. The van der Waals surface area contributed by atoms with Gasteiger partial charge in [-0.1, -0.05) is 29.8 Å². The fourth-order valence-corrected chi connectivity index (χ4v) is 6.39. The second-order valence-electron chi connectivity index (χ2n) is 9.48. The minimum Gasteiger partial charge on any atom is -0.318 e. The van der Waals surface area contributed by atoms with E-state index in [9.17, 15) is 9.59 Å². The molecule has 31 heavy (non-hydrogen) atoms. The first kappa shape index (κ1) is 19.1. The Balaban J connectivity index is 1.30. The van der Waals surface area contributed by atoms with E-state index in [0.29, 0.717) is 11.8 Å². The zero-order valence-corrected chi connectivity index (χ0v) is 18.5. The van der Waals surface area contributed by atoms with Crippen LogP contribution in [0.15, 0.2) is 41.5 Å². The third-order valence-corrected chi connectivity index (χ3v) is 8.24. The van der Waals surface area contributed by atoms with Crippen molar-refractivity contribution < 1.29 is 9.59 Å². The van der Waals surface area contributed by atoms with Crippen molar-refractivity contribution in [2.24, 2.45) is 40.6 Å². The summed E-state index contributed by atoms with van der Waals surface area (Å²) in [6.45, 7) is 6.01. The van der Waals surface area contributed by atoms with Gasteiger partial charge in [0.1, 0.15) is 0 Å². The average Bonchev–Trinajstić information content (AvgIpc) is 3.47. The molecule has 3 fully saturated rings. The summed E-state index contributed by atoms with van der Waals surface area (Å²) < 4.78 is 2.11. The molecule has 2 bridgehead atoms. The van der Waals surface area contributed by atoms with Gasteiger partial charge in [0.15, 0.2) is 0 Å². The first-order valence-electron chi connectivity index (χ1n) is 10.9. The van der Waals surface area contributed by atoms with Crippen molar-refractivity contribution in [1.82, 2.24) is 9.58 Å². The van der Waals surface area contributed by atoms with Crippen LogP contribution in [0.25, 0.3) is 5.69 Å². The lowest BCUT2D eigenvalue weighted by Gasteiger charge is -2.37. The fourth-order valence-electron chi connectivity index (χ4n) is 6.21. The van der Waals surface area contributed by atoms with E-state index in [0.717, 1.165) is 44.7 Å². The molecule has 0 N–H and O–H groups in total. The number of halogens is 1. The highest BCUT2D eigenvalue weighted by Crippen LogP contribution is 2.65. The van der Waals surface area contributed by atoms with Gasteiger partial charge in [0.05, 0.1) is 18.1 Å². The van der Waals surface area contributed by atoms with E-state index in [1.54, 1.807) is 6.21 Å². The molecule has 4 aliphatic carbocycles. The van der Waals surface area contributed by atoms with Crippen LogP contribution in [0.1, 0.15) is 28.9 Å². The van der Waals surface area contributed by atoms with Crippen LogP contribution in [-0.4, -0.2) is 27.6 Å². The standard InChI is InChI=1S/C25H24ClN3O2/c1-12-4-5-16(9-21(12)26)28-13(2)8-15(14(28)3)11-27-29-24(30)22-17-6-7-18(20-10-19(17)20)23(22)25(29)31/h4-9,11,17-20,22-23H,10H2,1-3H3/b27-11-/t17-,18-,19-,20-,22-,23+/m0/s1. The number of imide groups is 1. The van der Waals surface area contributed by atoms with Crippen LogP contribution in [-0.2, 0) is 9.59 Å². The van der Waals surface area contributed by atoms with E-state index in [1.165, 1.54) is 0 Å². The Morgan fingerprint density at radius 2 is 1.65 bits per heavy atom. The second kappa shape index (κ2) is 6.42. The topological polar surface area (TPSA) is 54.7 Å². The third-order valence-electron chi connectivity index (χ3n) is 7.84. The lowest BCUT2D eigenvalue weighted by atomic mass is 9.63. The van der Waals surface area contributed by atoms with Gasteiger partial charge >= 0.3 is 0 Å². The molecule has 2 heterocycles. The zero-order chi connectivity index (χ0) is 21.6. The molecule has 0 unspecified atom stereocenters. The molecule has 6 heteroatoms. The number of amides is 2. The summed E-state index contributed by atoms with van der Waals surface area (Å²) in [6, 6.07) is 8.00. The third kappa shape index (κ3) is 2.59. The Bertz CT molecular complexity index is 1170. The minimum absolute atomic E-state index is 0.130. The minimum atomic E-state index is -0.217. The molecular weight excluding hydrogens is 410 g/mol. The smallest absolute Gasteiger partial charge is 0.254 e. The number of rotatable bonds is 3. The maximum Gasteiger partial charge on any atom is 0.254 e. The van der Waals surface area contributed by atoms with Gasteiger partial charge in [-0.25, -0.2) is 0 Å². The molecule has 5 aliphatic rings. The van der Waals surface area contributed by atoms with Crippen molar-refractivity contribution >= 4 is 29.6 Å². The van der Waals surface area contributed by atoms with E-state index in [-0.39, 0.29) is 35.5 Å². The molecule has 6 atom stereocenters. The van der Waals surface area contributed by atoms with Crippen molar-refractivity contribution in [3.8, 4) is 5.69 Å². The Labute approximate surface area is 186 Å². The number of hydrogen-bond acceptors (Lipinski definition) is 3. The van der Waals surface area contributed by atoms with Gasteiger partial charge < -0.3 is 4.57 Å². The van der Waals surface area contributed by atoms with Crippen LogP contribution >= 0.6 is 11.6 Å². The largest absolute Gasteiger partial charge is 0.318 e. The monoisotopic (exact) mass is 433 g/mol. The molecular formula is C25H24ClN3O2. The van der Waals surface area contributed by atoms with Crippen molar-refractivity contribution in [1.29, 1.82) is 0 Å². The molecule has 1 aromatic carbocycles. The predicted molar refractivity (Wildman–Crippen MR) is 119 cm³/mol. The van der Waals surface area contributed by atoms with Crippen LogP contribution in [0.3, 0.4) is 0 Å². The molecule has 0 spiro atoms. The summed E-state index contributed by atoms with van der Waals surface area (Å²) in [5, 5.41) is 6.26. The normalized spacial score (nSPS) is 32.8. The number of carbonyl (C=O) groups excluding carboxylic acids is 2. The lowest BCUT2D eigenvalue weighted by molar-refractivity contribution is -0.140. The zero-order valence-electron chi connectivity index (χ0n) is 17.7. The van der Waals surface area contributed by atoms with Crippen LogP contribution in [0.2, 0.25) is 5.02 Å². The molecule has 2 aromatic rings. The second-order valence-corrected chi connectivity index (χ2v) is 9.89. The Kier molecular flexibility index (Phi) is 3.95. The fraction of sp³-hybridized carbons (Fsp3) is 0.400. The number of nitrogens with zero attached hydrogens (tertiary/aromatic N) is 3. The highest BCUT2D eigenvalue weighted by atomic mass is 35.5. The van der Waals surface area contributed by atoms with Crippen molar-refractivity contribution in [2.45, 2.75) is 27.2 Å². The Morgan fingerprint density at radius 1 is 1.00 bits per heavy atom. The highest BCUT2D eigenvalue weighted by molar-refractivity contribution is 6.31. The summed E-state index contributed by atoms with van der Waals surface area (Å²) in [5.41, 5.74) is 4.91. The summed E-state index contributed by atoms with van der Waals surface area (Å²) in [4.78, 5) is 26.2. The number of carbonyl (C=O) groups is 2. The molecule has 2 saturated carbocycles. The number of aryl methyl sites for hydroxylation is 2. The molecule has 2 amide bonds. The lowest BCUT2D eigenvalue weighted by Crippen LogP contribution is -2.40. The van der Waals surface area contributed by atoms with Gasteiger partial charge in [-0.3, -0.25) is 9.59 Å². The number of allylic oxidation sites excluding steroid dienone is 2. The molecule has 158 valence electrons. The Hall–Kier alpha value is -2.66. The first-order chi connectivity index (χ1) is 14.9. The Morgan fingerprint density at radius 3 is 2.26 bits per heavy atom. The van der Waals surface area contributed by atoms with Crippen LogP contribution in [0.4, 0.5) is 0 Å². The summed E-state index contributed by atoms with van der Waals surface area (Å²) in [7, 11) is 0. The molecule has 1 saturated heterocycles. The molecule has 1 aliphatic heterocycles. The van der Waals surface area contributed by atoms with E-state index in [4.69, 9.17) is 11.6 Å².